The molecule has 1 aliphatic rings. The van der Waals surface area contributed by atoms with Gasteiger partial charge in [-0.3, -0.25) is 4.79 Å². The Morgan fingerprint density at radius 3 is 2.58 bits per heavy atom. The topological polar surface area (TPSA) is 86.4 Å². The van der Waals surface area contributed by atoms with Gasteiger partial charge in [0.25, 0.3) is 0 Å². The molecule has 1 aromatic heterocycles. The summed E-state index contributed by atoms with van der Waals surface area (Å²) in [5.74, 6) is 0.879. The van der Waals surface area contributed by atoms with Crippen LogP contribution in [0.2, 0.25) is 0 Å². The van der Waals surface area contributed by atoms with Gasteiger partial charge in [-0.25, -0.2) is 9.78 Å². The maximum absolute atomic E-state index is 12.2. The lowest BCUT2D eigenvalue weighted by atomic mass is 10.0. The number of anilines is 1. The molecule has 1 aromatic rings. The number of carbonyl (C=O) groups excluding carboxylic acids is 2. The van der Waals surface area contributed by atoms with Gasteiger partial charge in [0.05, 0.1) is 5.54 Å². The first-order chi connectivity index (χ1) is 11.4. The van der Waals surface area contributed by atoms with Crippen molar-refractivity contribution in [1.29, 1.82) is 0 Å². The molecule has 0 radical (unpaired) electrons. The first kappa shape index (κ1) is 18.0. The third-order valence-electron chi connectivity index (χ3n) is 4.03. The summed E-state index contributed by atoms with van der Waals surface area (Å²) in [7, 11) is 0. The number of hydrogen-bond donors (Lipinski definition) is 3. The summed E-state index contributed by atoms with van der Waals surface area (Å²) < 4.78 is 0. The average molecular weight is 333 g/mol. The molecule has 3 amide bonds. The zero-order valence-corrected chi connectivity index (χ0v) is 14.6. The van der Waals surface area contributed by atoms with Gasteiger partial charge in [0, 0.05) is 38.8 Å². The quantitative estimate of drug-likeness (QED) is 0.757. The Morgan fingerprint density at radius 1 is 1.29 bits per heavy atom. The normalized spacial score (nSPS) is 15.7. The van der Waals surface area contributed by atoms with Crippen LogP contribution in [0, 0.1) is 0 Å². The van der Waals surface area contributed by atoms with E-state index in [1.165, 1.54) is 6.92 Å². The third-order valence-corrected chi connectivity index (χ3v) is 4.03. The lowest BCUT2D eigenvalue weighted by molar-refractivity contribution is -0.119. The van der Waals surface area contributed by atoms with Gasteiger partial charge in [0.1, 0.15) is 5.82 Å². The van der Waals surface area contributed by atoms with Gasteiger partial charge < -0.3 is 20.9 Å². The molecule has 2 heterocycles. The SMILES string of the molecule is CC(=O)NCC(C)(C)NC(=O)NC1CCN(c2ccccn2)CC1. The van der Waals surface area contributed by atoms with Crippen LogP contribution in [-0.4, -0.2) is 48.1 Å². The monoisotopic (exact) mass is 333 g/mol. The smallest absolute Gasteiger partial charge is 0.315 e. The number of rotatable bonds is 5. The molecule has 0 spiro atoms. The van der Waals surface area contributed by atoms with E-state index in [0.29, 0.717) is 6.54 Å². The third kappa shape index (κ3) is 5.72. The van der Waals surface area contributed by atoms with Crippen LogP contribution in [0.1, 0.15) is 33.6 Å². The summed E-state index contributed by atoms with van der Waals surface area (Å²) in [5, 5.41) is 8.66. The lowest BCUT2D eigenvalue weighted by Gasteiger charge is -2.34. The van der Waals surface area contributed by atoms with Crippen LogP contribution >= 0.6 is 0 Å². The molecule has 0 saturated carbocycles. The highest BCUT2D eigenvalue weighted by atomic mass is 16.2. The minimum absolute atomic E-state index is 0.104. The molecule has 0 aliphatic carbocycles. The molecule has 0 aromatic carbocycles. The Kier molecular flexibility index (Phi) is 6.00. The maximum atomic E-state index is 12.2. The van der Waals surface area contributed by atoms with Crippen LogP contribution in [0.4, 0.5) is 10.6 Å². The molecule has 1 saturated heterocycles. The molecule has 2 rings (SSSR count). The van der Waals surface area contributed by atoms with Crippen molar-refractivity contribution in [3.8, 4) is 0 Å². The fraction of sp³-hybridized carbons (Fsp3) is 0.588. The van der Waals surface area contributed by atoms with E-state index in [1.807, 2.05) is 32.0 Å². The second kappa shape index (κ2) is 7.99. The molecular formula is C17H27N5O2. The summed E-state index contributed by atoms with van der Waals surface area (Å²) in [6, 6.07) is 5.86. The number of nitrogens with zero attached hydrogens (tertiary/aromatic N) is 2. The Bertz CT molecular complexity index is 553. The summed E-state index contributed by atoms with van der Waals surface area (Å²) in [4.78, 5) is 29.8. The van der Waals surface area contributed by atoms with Crippen molar-refractivity contribution in [1.82, 2.24) is 20.9 Å². The fourth-order valence-electron chi connectivity index (χ4n) is 2.71. The number of aromatic nitrogens is 1. The summed E-state index contributed by atoms with van der Waals surface area (Å²) in [5.41, 5.74) is -0.496. The Morgan fingerprint density at radius 2 is 2.00 bits per heavy atom. The van der Waals surface area contributed by atoms with E-state index >= 15 is 0 Å². The van der Waals surface area contributed by atoms with Crippen molar-refractivity contribution in [2.75, 3.05) is 24.5 Å². The minimum Gasteiger partial charge on any atom is -0.356 e. The molecule has 0 atom stereocenters. The van der Waals surface area contributed by atoms with E-state index in [1.54, 1.807) is 6.20 Å². The number of nitrogens with one attached hydrogen (secondary N) is 3. The summed E-state index contributed by atoms with van der Waals surface area (Å²) in [6.07, 6.45) is 3.57. The molecule has 132 valence electrons. The van der Waals surface area contributed by atoms with Gasteiger partial charge in [0.2, 0.25) is 5.91 Å². The standard InChI is InChI=1S/C17H27N5O2/c1-13(23)19-12-17(2,3)21-16(24)20-14-7-10-22(11-8-14)15-6-4-5-9-18-15/h4-6,9,14H,7-8,10-12H2,1-3H3,(H,19,23)(H2,20,21,24). The van der Waals surface area contributed by atoms with E-state index in [4.69, 9.17) is 0 Å². The highest BCUT2D eigenvalue weighted by molar-refractivity contribution is 5.76. The van der Waals surface area contributed by atoms with Crippen molar-refractivity contribution < 1.29 is 9.59 Å². The van der Waals surface area contributed by atoms with Crippen molar-refractivity contribution in [2.45, 2.75) is 45.2 Å². The predicted molar refractivity (Wildman–Crippen MR) is 93.9 cm³/mol. The Hall–Kier alpha value is -2.31. The van der Waals surface area contributed by atoms with Crippen molar-refractivity contribution in [3.05, 3.63) is 24.4 Å². The summed E-state index contributed by atoms with van der Waals surface area (Å²) in [6.45, 7) is 7.37. The largest absolute Gasteiger partial charge is 0.356 e. The second-order valence-electron chi connectivity index (χ2n) is 6.84. The van der Waals surface area contributed by atoms with Crippen LogP contribution < -0.4 is 20.9 Å². The molecule has 7 nitrogen and oxygen atoms in total. The lowest BCUT2D eigenvalue weighted by Crippen LogP contribution is -2.56. The van der Waals surface area contributed by atoms with Crippen LogP contribution in [0.15, 0.2) is 24.4 Å². The number of hydrogen-bond acceptors (Lipinski definition) is 4. The maximum Gasteiger partial charge on any atom is 0.315 e. The number of piperidine rings is 1. The minimum atomic E-state index is -0.496. The first-order valence-electron chi connectivity index (χ1n) is 8.35. The Balaban J connectivity index is 1.75. The van der Waals surface area contributed by atoms with E-state index in [-0.39, 0.29) is 18.0 Å². The zero-order chi connectivity index (χ0) is 17.6. The van der Waals surface area contributed by atoms with Gasteiger partial charge >= 0.3 is 6.03 Å². The number of carbonyl (C=O) groups is 2. The number of amides is 3. The van der Waals surface area contributed by atoms with Gasteiger partial charge in [-0.2, -0.15) is 0 Å². The van der Waals surface area contributed by atoms with Crippen molar-refractivity contribution in [3.63, 3.8) is 0 Å². The van der Waals surface area contributed by atoms with Gasteiger partial charge in [-0.1, -0.05) is 6.07 Å². The number of urea groups is 1. The van der Waals surface area contributed by atoms with Crippen LogP contribution in [-0.2, 0) is 4.79 Å². The molecule has 0 unspecified atom stereocenters. The van der Waals surface area contributed by atoms with Crippen LogP contribution in [0.25, 0.3) is 0 Å². The zero-order valence-electron chi connectivity index (χ0n) is 14.6. The molecule has 7 heteroatoms. The van der Waals surface area contributed by atoms with E-state index < -0.39 is 5.54 Å². The molecule has 24 heavy (non-hydrogen) atoms. The van der Waals surface area contributed by atoms with Crippen LogP contribution in [0.3, 0.4) is 0 Å². The van der Waals surface area contributed by atoms with E-state index in [0.717, 1.165) is 31.7 Å². The van der Waals surface area contributed by atoms with Gasteiger partial charge in [0.15, 0.2) is 0 Å². The van der Waals surface area contributed by atoms with Crippen LogP contribution in [0.5, 0.6) is 0 Å². The van der Waals surface area contributed by atoms with E-state index in [2.05, 4.69) is 25.8 Å². The second-order valence-corrected chi connectivity index (χ2v) is 6.84. The van der Waals surface area contributed by atoms with Gasteiger partial charge in [-0.15, -0.1) is 0 Å². The van der Waals surface area contributed by atoms with E-state index in [9.17, 15) is 9.59 Å². The van der Waals surface area contributed by atoms with Gasteiger partial charge in [-0.05, 0) is 38.8 Å². The molecule has 0 bridgehead atoms. The fourth-order valence-corrected chi connectivity index (χ4v) is 2.71. The first-order valence-corrected chi connectivity index (χ1v) is 8.35. The Labute approximate surface area is 143 Å². The van der Waals surface area contributed by atoms with Crippen molar-refractivity contribution in [2.24, 2.45) is 0 Å². The average Bonchev–Trinajstić information content (AvgIpc) is 2.54. The summed E-state index contributed by atoms with van der Waals surface area (Å²) >= 11 is 0. The number of pyridine rings is 1. The van der Waals surface area contributed by atoms with Crippen molar-refractivity contribution >= 4 is 17.8 Å². The molecule has 1 fully saturated rings. The highest BCUT2D eigenvalue weighted by Gasteiger charge is 2.25. The molecular weight excluding hydrogens is 306 g/mol. The molecule has 3 N–H and O–H groups in total. The molecule has 1 aliphatic heterocycles. The predicted octanol–water partition coefficient (Wildman–Crippen LogP) is 1.26. The highest BCUT2D eigenvalue weighted by Crippen LogP contribution is 2.17.